The van der Waals surface area contributed by atoms with Gasteiger partial charge in [0.05, 0.1) is 13.2 Å². The highest BCUT2D eigenvalue weighted by atomic mass is 19.2. The van der Waals surface area contributed by atoms with E-state index in [9.17, 15) is 13.2 Å². The first-order valence-electron chi connectivity index (χ1n) is 12.3. The Morgan fingerprint density at radius 3 is 1.73 bits per heavy atom. The Labute approximate surface area is 178 Å². The van der Waals surface area contributed by atoms with Crippen LogP contribution in [0.1, 0.15) is 71.1 Å². The van der Waals surface area contributed by atoms with E-state index in [2.05, 4.69) is 6.92 Å². The minimum absolute atomic E-state index is 0.0251. The van der Waals surface area contributed by atoms with Gasteiger partial charge in [-0.25, -0.2) is 17.6 Å². The number of rotatable bonds is 4. The minimum atomic E-state index is -2.03. The number of hydrogen-bond acceptors (Lipinski definition) is 2. The van der Waals surface area contributed by atoms with E-state index in [1.807, 2.05) is 0 Å². The van der Waals surface area contributed by atoms with Crippen LogP contribution in [0.3, 0.4) is 0 Å². The van der Waals surface area contributed by atoms with Gasteiger partial charge in [0.2, 0.25) is 0 Å². The standard InChI is InChI=1S/C24H38F4O2/c1-2-14-12-29-24(30-13-14)16-5-3-15(4-6-16)17-7-8-19(20(25)9-17)18-10-21(26)23(28)22(27)11-18/h14-24H,2-13H2,1H3. The Bertz CT molecular complexity index is 521. The monoisotopic (exact) mass is 434 g/mol. The molecule has 174 valence electrons. The summed E-state index contributed by atoms with van der Waals surface area (Å²) in [5, 5.41) is 0. The Morgan fingerprint density at radius 1 is 0.633 bits per heavy atom. The van der Waals surface area contributed by atoms with Crippen LogP contribution in [0, 0.1) is 35.5 Å². The Morgan fingerprint density at radius 2 is 1.17 bits per heavy atom. The van der Waals surface area contributed by atoms with Gasteiger partial charge in [0.1, 0.15) is 18.5 Å². The third kappa shape index (κ3) is 5.00. The Balaban J connectivity index is 1.23. The SMILES string of the molecule is CCC1COC(C2CCC(C3CCC(C4CC(F)C(F)C(F)C4)C(F)C3)CC2)OC1. The minimum Gasteiger partial charge on any atom is -0.352 e. The first kappa shape index (κ1) is 22.8. The number of alkyl halides is 4. The van der Waals surface area contributed by atoms with Crippen LogP contribution < -0.4 is 0 Å². The molecule has 1 aliphatic heterocycles. The van der Waals surface area contributed by atoms with Crippen molar-refractivity contribution in [2.75, 3.05) is 13.2 Å². The fourth-order valence-corrected chi connectivity index (χ4v) is 6.59. The first-order valence-corrected chi connectivity index (χ1v) is 12.3. The maximum absolute atomic E-state index is 15.0. The summed E-state index contributed by atoms with van der Waals surface area (Å²) in [5.41, 5.74) is 0. The Kier molecular flexibility index (Phi) is 7.65. The topological polar surface area (TPSA) is 18.5 Å². The van der Waals surface area contributed by atoms with Crippen LogP contribution in [-0.4, -0.2) is 44.2 Å². The third-order valence-electron chi connectivity index (χ3n) is 8.65. The molecule has 6 heteroatoms. The lowest BCUT2D eigenvalue weighted by molar-refractivity contribution is -0.230. The quantitative estimate of drug-likeness (QED) is 0.479. The lowest BCUT2D eigenvalue weighted by Crippen LogP contribution is -2.44. The van der Waals surface area contributed by atoms with E-state index in [-0.39, 0.29) is 31.0 Å². The average Bonchev–Trinajstić information content (AvgIpc) is 2.77. The molecule has 0 radical (unpaired) electrons. The van der Waals surface area contributed by atoms with Gasteiger partial charge in [0.15, 0.2) is 12.5 Å². The van der Waals surface area contributed by atoms with Crippen molar-refractivity contribution in [3.63, 3.8) is 0 Å². The molecule has 3 aliphatic carbocycles. The van der Waals surface area contributed by atoms with Gasteiger partial charge in [-0.15, -0.1) is 0 Å². The van der Waals surface area contributed by atoms with Gasteiger partial charge in [-0.3, -0.25) is 0 Å². The molecule has 5 atom stereocenters. The molecule has 0 aromatic carbocycles. The third-order valence-corrected chi connectivity index (χ3v) is 8.65. The molecule has 0 aromatic rings. The zero-order valence-electron chi connectivity index (χ0n) is 18.2. The molecule has 4 fully saturated rings. The van der Waals surface area contributed by atoms with Crippen molar-refractivity contribution in [2.24, 2.45) is 35.5 Å². The van der Waals surface area contributed by atoms with Crippen LogP contribution in [0.4, 0.5) is 17.6 Å². The number of halogens is 4. The molecule has 30 heavy (non-hydrogen) atoms. The van der Waals surface area contributed by atoms with E-state index in [1.165, 1.54) is 0 Å². The summed E-state index contributed by atoms with van der Waals surface area (Å²) in [5.74, 6) is 1.16. The molecule has 4 rings (SSSR count). The summed E-state index contributed by atoms with van der Waals surface area (Å²) in [6.07, 6.45) is 0.750. The van der Waals surface area contributed by atoms with Crippen LogP contribution in [0.5, 0.6) is 0 Å². The molecule has 0 aromatic heterocycles. The molecular formula is C24H38F4O2. The van der Waals surface area contributed by atoms with Gasteiger partial charge < -0.3 is 9.47 Å². The summed E-state index contributed by atoms with van der Waals surface area (Å²) >= 11 is 0. The first-order chi connectivity index (χ1) is 14.5. The zero-order chi connectivity index (χ0) is 21.3. The predicted octanol–water partition coefficient (Wildman–Crippen LogP) is 6.37. The van der Waals surface area contributed by atoms with Gasteiger partial charge in [0.25, 0.3) is 0 Å². The molecule has 2 nitrogen and oxygen atoms in total. The second-order valence-corrected chi connectivity index (χ2v) is 10.4. The van der Waals surface area contributed by atoms with Crippen molar-refractivity contribution < 1.29 is 27.0 Å². The fraction of sp³-hybridized carbons (Fsp3) is 1.00. The smallest absolute Gasteiger partial charge is 0.162 e. The highest BCUT2D eigenvalue weighted by molar-refractivity contribution is 4.94. The summed E-state index contributed by atoms with van der Waals surface area (Å²) < 4.78 is 68.0. The zero-order valence-corrected chi connectivity index (χ0v) is 18.2. The van der Waals surface area contributed by atoms with Crippen molar-refractivity contribution in [1.82, 2.24) is 0 Å². The maximum Gasteiger partial charge on any atom is 0.162 e. The van der Waals surface area contributed by atoms with Crippen molar-refractivity contribution >= 4 is 0 Å². The van der Waals surface area contributed by atoms with Crippen molar-refractivity contribution in [2.45, 2.75) is 102 Å². The van der Waals surface area contributed by atoms with Gasteiger partial charge in [-0.05, 0) is 87.9 Å². The van der Waals surface area contributed by atoms with Crippen molar-refractivity contribution in [1.29, 1.82) is 0 Å². The molecule has 1 saturated heterocycles. The summed E-state index contributed by atoms with van der Waals surface area (Å²) in [4.78, 5) is 0. The summed E-state index contributed by atoms with van der Waals surface area (Å²) in [7, 11) is 0. The number of ether oxygens (including phenoxy) is 2. The highest BCUT2D eigenvalue weighted by Gasteiger charge is 2.46. The molecule has 0 N–H and O–H groups in total. The lowest BCUT2D eigenvalue weighted by atomic mass is 9.64. The molecule has 0 amide bonds. The fourth-order valence-electron chi connectivity index (χ4n) is 6.59. The largest absolute Gasteiger partial charge is 0.352 e. The molecule has 1 heterocycles. The van der Waals surface area contributed by atoms with Crippen LogP contribution in [0.2, 0.25) is 0 Å². The Hall–Kier alpha value is -0.360. The second-order valence-electron chi connectivity index (χ2n) is 10.4. The van der Waals surface area contributed by atoms with Gasteiger partial charge >= 0.3 is 0 Å². The lowest BCUT2D eigenvalue weighted by Gasteiger charge is -2.44. The van der Waals surface area contributed by atoms with Crippen LogP contribution in [0.25, 0.3) is 0 Å². The van der Waals surface area contributed by atoms with Gasteiger partial charge in [-0.1, -0.05) is 6.92 Å². The molecule has 0 spiro atoms. The van der Waals surface area contributed by atoms with E-state index in [4.69, 9.17) is 9.47 Å². The van der Waals surface area contributed by atoms with Crippen LogP contribution >= 0.6 is 0 Å². The maximum atomic E-state index is 15.0. The van der Waals surface area contributed by atoms with Crippen LogP contribution in [-0.2, 0) is 9.47 Å². The van der Waals surface area contributed by atoms with E-state index in [0.29, 0.717) is 36.5 Å². The molecule has 0 bridgehead atoms. The highest BCUT2D eigenvalue weighted by Crippen LogP contribution is 2.48. The van der Waals surface area contributed by atoms with Crippen molar-refractivity contribution in [3.8, 4) is 0 Å². The predicted molar refractivity (Wildman–Crippen MR) is 108 cm³/mol. The molecule has 5 unspecified atom stereocenters. The number of hydrogen-bond donors (Lipinski definition) is 0. The average molecular weight is 435 g/mol. The summed E-state index contributed by atoms with van der Waals surface area (Å²) in [6, 6.07) is 0. The molecule has 4 aliphatic rings. The van der Waals surface area contributed by atoms with E-state index < -0.39 is 24.7 Å². The van der Waals surface area contributed by atoms with E-state index in [0.717, 1.165) is 51.7 Å². The van der Waals surface area contributed by atoms with Gasteiger partial charge in [-0.2, -0.15) is 0 Å². The summed E-state index contributed by atoms with van der Waals surface area (Å²) in [6.45, 7) is 3.74. The molecule has 3 saturated carbocycles. The normalized spacial score (nSPS) is 50.9. The van der Waals surface area contributed by atoms with E-state index >= 15 is 4.39 Å². The second kappa shape index (κ2) is 10.1. The van der Waals surface area contributed by atoms with Gasteiger partial charge in [0, 0.05) is 11.8 Å². The van der Waals surface area contributed by atoms with E-state index in [1.54, 1.807) is 0 Å². The van der Waals surface area contributed by atoms with Crippen LogP contribution in [0.15, 0.2) is 0 Å². The molecular weight excluding hydrogens is 396 g/mol. The van der Waals surface area contributed by atoms with Crippen molar-refractivity contribution in [3.05, 3.63) is 0 Å².